The predicted octanol–water partition coefficient (Wildman–Crippen LogP) is 19.6. The molecule has 15 rings (SSSR count). The molecular weight excluding hydrogens is 909 g/mol. The molecule has 0 bridgehead atoms. The molecule has 0 amide bonds. The van der Waals surface area contributed by atoms with E-state index in [2.05, 4.69) is 268 Å². The van der Waals surface area contributed by atoms with Crippen molar-refractivity contribution in [1.82, 2.24) is 4.57 Å². The van der Waals surface area contributed by atoms with E-state index in [0.717, 1.165) is 56.5 Å². The molecule has 2 aliphatic carbocycles. The largest absolute Gasteiger partial charge is 0.456 e. The Morgan fingerprint density at radius 1 is 0.440 bits per heavy atom. The summed E-state index contributed by atoms with van der Waals surface area (Å²) in [6.07, 6.45) is 0.943. The van der Waals surface area contributed by atoms with Crippen LogP contribution in [-0.4, -0.2) is 4.57 Å². The van der Waals surface area contributed by atoms with Crippen molar-refractivity contribution >= 4 is 60.8 Å². The average Bonchev–Trinajstić information content (AvgIpc) is 4.18. The van der Waals surface area contributed by atoms with Crippen LogP contribution < -0.4 is 4.90 Å². The highest BCUT2D eigenvalue weighted by molar-refractivity contribution is 6.16. The van der Waals surface area contributed by atoms with Crippen LogP contribution in [0.5, 0.6) is 0 Å². The molecule has 0 spiro atoms. The second-order valence-electron chi connectivity index (χ2n) is 21.2. The van der Waals surface area contributed by atoms with Crippen LogP contribution >= 0.6 is 0 Å². The minimum Gasteiger partial charge on any atom is -0.456 e. The maximum atomic E-state index is 6.84. The molecule has 0 radical (unpaired) electrons. The molecule has 11 aromatic carbocycles. The van der Waals surface area contributed by atoms with Crippen molar-refractivity contribution in [2.24, 2.45) is 0 Å². The summed E-state index contributed by atoms with van der Waals surface area (Å²) in [6, 6.07) is 85.3. The van der Waals surface area contributed by atoms with Gasteiger partial charge in [-0.05, 0) is 170 Å². The van der Waals surface area contributed by atoms with Crippen LogP contribution in [-0.2, 0) is 11.8 Å². The molecule has 0 N–H and O–H groups in total. The number of para-hydroxylation sites is 1. The molecule has 2 heterocycles. The summed E-state index contributed by atoms with van der Waals surface area (Å²) in [5.41, 5.74) is 29.0. The number of aromatic nitrogens is 1. The van der Waals surface area contributed by atoms with E-state index in [9.17, 15) is 0 Å². The first-order chi connectivity index (χ1) is 36.8. The molecule has 13 aromatic rings. The molecule has 3 heteroatoms. The van der Waals surface area contributed by atoms with E-state index in [-0.39, 0.29) is 5.41 Å². The van der Waals surface area contributed by atoms with Crippen molar-refractivity contribution in [3.63, 3.8) is 0 Å². The third-order valence-corrected chi connectivity index (χ3v) is 16.8. The van der Waals surface area contributed by atoms with Crippen LogP contribution in [0.4, 0.5) is 17.1 Å². The van der Waals surface area contributed by atoms with Crippen LogP contribution in [0.2, 0.25) is 0 Å². The number of aryl methyl sites for hydroxylation is 1. The van der Waals surface area contributed by atoms with Gasteiger partial charge in [-0.25, -0.2) is 0 Å². The molecule has 356 valence electrons. The molecule has 0 fully saturated rings. The summed E-state index contributed by atoms with van der Waals surface area (Å²) < 4.78 is 9.30. The normalized spacial score (nSPS) is 13.1. The maximum Gasteiger partial charge on any atom is 0.137 e. The highest BCUT2D eigenvalue weighted by Crippen LogP contribution is 2.55. The molecular formula is C72H52N2O. The summed E-state index contributed by atoms with van der Waals surface area (Å²) in [6.45, 7) is 9.19. The second-order valence-corrected chi connectivity index (χ2v) is 21.2. The Balaban J connectivity index is 0.898. The third kappa shape index (κ3) is 6.47. The Morgan fingerprint density at radius 3 is 1.93 bits per heavy atom. The Labute approximate surface area is 437 Å². The molecule has 0 aliphatic heterocycles. The number of fused-ring (bicyclic) bond motifs is 12. The lowest BCUT2D eigenvalue weighted by Crippen LogP contribution is -2.16. The van der Waals surface area contributed by atoms with Crippen LogP contribution in [0, 0.1) is 13.8 Å². The zero-order chi connectivity index (χ0) is 50.1. The van der Waals surface area contributed by atoms with E-state index < -0.39 is 0 Å². The van der Waals surface area contributed by atoms with Crippen LogP contribution in [0.25, 0.3) is 105 Å². The zero-order valence-electron chi connectivity index (χ0n) is 42.4. The lowest BCUT2D eigenvalue weighted by atomic mass is 9.82. The topological polar surface area (TPSA) is 21.3 Å². The quantitative estimate of drug-likeness (QED) is 0.159. The predicted molar refractivity (Wildman–Crippen MR) is 314 cm³/mol. The van der Waals surface area contributed by atoms with E-state index in [1.165, 1.54) is 105 Å². The van der Waals surface area contributed by atoms with Gasteiger partial charge in [-0.2, -0.15) is 0 Å². The van der Waals surface area contributed by atoms with Crippen molar-refractivity contribution in [3.05, 3.63) is 264 Å². The molecule has 0 saturated heterocycles. The van der Waals surface area contributed by atoms with Crippen molar-refractivity contribution < 1.29 is 4.42 Å². The summed E-state index contributed by atoms with van der Waals surface area (Å²) in [4.78, 5) is 2.49. The zero-order valence-corrected chi connectivity index (χ0v) is 42.4. The van der Waals surface area contributed by atoms with Gasteiger partial charge in [0.05, 0.1) is 27.8 Å². The lowest BCUT2D eigenvalue weighted by molar-refractivity contribution is 0.660. The van der Waals surface area contributed by atoms with E-state index in [1.54, 1.807) is 0 Å². The standard InChI is InChI=1S/C72H52N2O/c1-44-17-5-7-19-51(44)52-23-14-29-63(45(52)2)74-64-28-12-10-21-56(64)59-41-47(35-39-65(59)74)48-36-40-68-60(42-48)71-67(31-16-32-69(71)75-68)73(66-30-15-27-62-70(66)57-22-9-11-26-61(57)72(62,3)4)50-37-33-46(34-38-50)53-24-13-25-55-54-20-8-6-18-49(54)43-58(53)55/h5-42H,43H2,1-4H3. The first-order valence-electron chi connectivity index (χ1n) is 26.3. The molecule has 2 aliphatic rings. The van der Waals surface area contributed by atoms with Crippen molar-refractivity contribution in [2.45, 2.75) is 39.5 Å². The number of furan rings is 1. The van der Waals surface area contributed by atoms with Gasteiger partial charge in [0, 0.05) is 38.5 Å². The fraction of sp³-hybridized carbons (Fsp3) is 0.0833. The van der Waals surface area contributed by atoms with Gasteiger partial charge in [-0.15, -0.1) is 0 Å². The summed E-state index contributed by atoms with van der Waals surface area (Å²) in [5, 5.41) is 4.62. The maximum absolute atomic E-state index is 6.84. The number of anilines is 3. The fourth-order valence-corrected chi connectivity index (χ4v) is 13.2. The van der Waals surface area contributed by atoms with Crippen molar-refractivity contribution in [1.29, 1.82) is 0 Å². The van der Waals surface area contributed by atoms with Gasteiger partial charge in [-0.3, -0.25) is 0 Å². The average molecular weight is 961 g/mol. The van der Waals surface area contributed by atoms with E-state index in [0.29, 0.717) is 0 Å². The van der Waals surface area contributed by atoms with Gasteiger partial charge in [0.1, 0.15) is 11.2 Å². The van der Waals surface area contributed by atoms with Gasteiger partial charge in [0.2, 0.25) is 0 Å². The van der Waals surface area contributed by atoms with Gasteiger partial charge in [-0.1, -0.05) is 178 Å². The summed E-state index contributed by atoms with van der Waals surface area (Å²) >= 11 is 0. The van der Waals surface area contributed by atoms with Gasteiger partial charge < -0.3 is 13.9 Å². The third-order valence-electron chi connectivity index (χ3n) is 16.8. The van der Waals surface area contributed by atoms with Crippen LogP contribution in [0.1, 0.15) is 47.2 Å². The summed E-state index contributed by atoms with van der Waals surface area (Å²) in [5.74, 6) is 0. The number of nitrogens with zero attached hydrogens (tertiary/aromatic N) is 2. The number of hydrogen-bond donors (Lipinski definition) is 0. The molecule has 0 atom stereocenters. The van der Waals surface area contributed by atoms with Crippen LogP contribution in [0.15, 0.2) is 235 Å². The summed E-state index contributed by atoms with van der Waals surface area (Å²) in [7, 11) is 0. The number of benzene rings is 11. The fourth-order valence-electron chi connectivity index (χ4n) is 13.2. The highest BCUT2D eigenvalue weighted by Gasteiger charge is 2.38. The van der Waals surface area contributed by atoms with E-state index >= 15 is 0 Å². The Hall–Kier alpha value is -9.18. The van der Waals surface area contributed by atoms with Gasteiger partial charge in [0.15, 0.2) is 0 Å². The minimum absolute atomic E-state index is 0.163. The Morgan fingerprint density at radius 2 is 1.07 bits per heavy atom. The van der Waals surface area contributed by atoms with E-state index in [1.807, 2.05) is 0 Å². The van der Waals surface area contributed by atoms with Crippen molar-refractivity contribution in [2.75, 3.05) is 4.90 Å². The van der Waals surface area contributed by atoms with Crippen LogP contribution in [0.3, 0.4) is 0 Å². The first kappa shape index (κ1) is 43.4. The second kappa shape index (κ2) is 16.4. The van der Waals surface area contributed by atoms with Crippen molar-refractivity contribution in [3.8, 4) is 61.3 Å². The van der Waals surface area contributed by atoms with E-state index in [4.69, 9.17) is 4.42 Å². The SMILES string of the molecule is Cc1ccccc1-c1cccc(-n2c3ccccc3c3cc(-c4ccc5oc6cccc(N(c7ccc(-c8cccc9c8Cc8ccccc8-9)cc7)c7cccc8c7-c7ccccc7C8(C)C)c6c5c4)ccc32)c1C. The molecule has 75 heavy (non-hydrogen) atoms. The smallest absolute Gasteiger partial charge is 0.137 e. The monoisotopic (exact) mass is 960 g/mol. The molecule has 0 unspecified atom stereocenters. The van der Waals surface area contributed by atoms with Gasteiger partial charge in [0.25, 0.3) is 0 Å². The molecule has 3 nitrogen and oxygen atoms in total. The minimum atomic E-state index is -0.163. The van der Waals surface area contributed by atoms with Gasteiger partial charge >= 0.3 is 0 Å². The molecule has 2 aromatic heterocycles. The Kier molecular flexibility index (Phi) is 9.50. The number of rotatable bonds is 7. The number of hydrogen-bond acceptors (Lipinski definition) is 2. The highest BCUT2D eigenvalue weighted by atomic mass is 16.3. The Bertz CT molecular complexity index is 4510. The first-order valence-corrected chi connectivity index (χ1v) is 26.3. The lowest BCUT2D eigenvalue weighted by Gasteiger charge is -2.29. The molecule has 0 saturated carbocycles.